The van der Waals surface area contributed by atoms with Crippen molar-refractivity contribution in [2.75, 3.05) is 13.2 Å². The molecule has 110 valence electrons. The fourth-order valence-electron chi connectivity index (χ4n) is 2.36. The van der Waals surface area contributed by atoms with Crippen molar-refractivity contribution in [3.05, 3.63) is 28.2 Å². The highest BCUT2D eigenvalue weighted by Crippen LogP contribution is 2.29. The first-order chi connectivity index (χ1) is 9.52. The molecule has 1 aliphatic heterocycles. The van der Waals surface area contributed by atoms with Gasteiger partial charge in [0.15, 0.2) is 6.10 Å². The molecule has 2 rings (SSSR count). The first-order valence-corrected chi connectivity index (χ1v) is 7.31. The minimum atomic E-state index is -0.652. The molecule has 0 bridgehead atoms. The highest BCUT2D eigenvalue weighted by molar-refractivity contribution is 6.35. The molecule has 1 aliphatic rings. The van der Waals surface area contributed by atoms with Crippen LogP contribution < -0.4 is 4.74 Å². The lowest BCUT2D eigenvalue weighted by atomic mass is 10.2. The number of carbonyl (C=O) groups excluding carboxylic acids is 1. The van der Waals surface area contributed by atoms with Crippen molar-refractivity contribution in [3.63, 3.8) is 0 Å². The topological polar surface area (TPSA) is 49.8 Å². The zero-order valence-corrected chi connectivity index (χ0v) is 12.7. The van der Waals surface area contributed by atoms with Crippen molar-refractivity contribution in [3.8, 4) is 5.75 Å². The van der Waals surface area contributed by atoms with Gasteiger partial charge in [-0.15, -0.1) is 0 Å². The van der Waals surface area contributed by atoms with Crippen molar-refractivity contribution in [1.29, 1.82) is 0 Å². The van der Waals surface area contributed by atoms with Gasteiger partial charge >= 0.3 is 0 Å². The van der Waals surface area contributed by atoms with E-state index in [1.165, 1.54) is 0 Å². The summed E-state index contributed by atoms with van der Waals surface area (Å²) in [6.45, 7) is 2.33. The number of amides is 1. The summed E-state index contributed by atoms with van der Waals surface area (Å²) in [4.78, 5) is 14.0. The number of hydrogen-bond acceptors (Lipinski definition) is 3. The van der Waals surface area contributed by atoms with Gasteiger partial charge in [-0.05, 0) is 38.0 Å². The van der Waals surface area contributed by atoms with Crippen LogP contribution in [0, 0.1) is 0 Å². The van der Waals surface area contributed by atoms with Gasteiger partial charge in [-0.3, -0.25) is 4.79 Å². The van der Waals surface area contributed by atoms with Crippen LogP contribution in [0.1, 0.15) is 19.8 Å². The molecular weight excluding hydrogens is 301 g/mol. The standard InChI is InChI=1S/C14H17Cl2NO3/c1-9(14(19)17-6-2-3-11(17)8-18)20-13-5-4-10(15)7-12(13)16/h4-5,7,9,11,18H,2-3,6,8H2,1H3/t9?,11-/m1/s1. The van der Waals surface area contributed by atoms with Crippen molar-refractivity contribution in [2.45, 2.75) is 31.9 Å². The molecule has 2 atom stereocenters. The lowest BCUT2D eigenvalue weighted by Gasteiger charge is -2.26. The number of ether oxygens (including phenoxy) is 1. The predicted octanol–water partition coefficient (Wildman–Crippen LogP) is 2.74. The van der Waals surface area contributed by atoms with E-state index in [4.69, 9.17) is 27.9 Å². The summed E-state index contributed by atoms with van der Waals surface area (Å²) < 4.78 is 5.60. The van der Waals surface area contributed by atoms with Gasteiger partial charge in [0.25, 0.3) is 5.91 Å². The number of nitrogens with zero attached hydrogens (tertiary/aromatic N) is 1. The van der Waals surface area contributed by atoms with Crippen LogP contribution in [0.25, 0.3) is 0 Å². The Kier molecular flexibility index (Phi) is 5.13. The van der Waals surface area contributed by atoms with Crippen molar-refractivity contribution >= 4 is 29.1 Å². The molecule has 6 heteroatoms. The van der Waals surface area contributed by atoms with Gasteiger partial charge in [0, 0.05) is 11.6 Å². The monoisotopic (exact) mass is 317 g/mol. The molecule has 1 N–H and O–H groups in total. The van der Waals surface area contributed by atoms with E-state index in [-0.39, 0.29) is 18.6 Å². The molecule has 4 nitrogen and oxygen atoms in total. The fourth-order valence-corrected chi connectivity index (χ4v) is 2.81. The van der Waals surface area contributed by atoms with Crippen LogP contribution in [-0.2, 0) is 4.79 Å². The third-order valence-electron chi connectivity index (χ3n) is 3.42. The molecule has 0 aliphatic carbocycles. The Bertz CT molecular complexity index is 495. The molecule has 0 aromatic heterocycles. The van der Waals surface area contributed by atoms with Gasteiger partial charge in [0.05, 0.1) is 17.7 Å². The van der Waals surface area contributed by atoms with E-state index in [2.05, 4.69) is 0 Å². The van der Waals surface area contributed by atoms with E-state index < -0.39 is 6.10 Å². The molecule has 1 heterocycles. The largest absolute Gasteiger partial charge is 0.479 e. The highest BCUT2D eigenvalue weighted by Gasteiger charge is 2.31. The summed E-state index contributed by atoms with van der Waals surface area (Å²) in [5.41, 5.74) is 0. The second-order valence-corrected chi connectivity index (χ2v) is 5.69. The van der Waals surface area contributed by atoms with Gasteiger partial charge in [-0.2, -0.15) is 0 Å². The Morgan fingerprint density at radius 3 is 2.95 bits per heavy atom. The number of aliphatic hydroxyl groups excluding tert-OH is 1. The van der Waals surface area contributed by atoms with Crippen molar-refractivity contribution < 1.29 is 14.6 Å². The predicted molar refractivity (Wildman–Crippen MR) is 78.4 cm³/mol. The maximum absolute atomic E-state index is 12.3. The summed E-state index contributed by atoms with van der Waals surface area (Å²) in [6, 6.07) is 4.77. The number of rotatable bonds is 4. The minimum Gasteiger partial charge on any atom is -0.479 e. The van der Waals surface area contributed by atoms with Crippen LogP contribution in [0.15, 0.2) is 18.2 Å². The number of carbonyl (C=O) groups is 1. The van der Waals surface area contributed by atoms with Gasteiger partial charge in [-0.25, -0.2) is 0 Å². The van der Waals surface area contributed by atoms with Crippen LogP contribution in [0.5, 0.6) is 5.75 Å². The molecule has 1 unspecified atom stereocenters. The van der Waals surface area contributed by atoms with Crippen molar-refractivity contribution in [2.24, 2.45) is 0 Å². The lowest BCUT2D eigenvalue weighted by molar-refractivity contribution is -0.139. The number of hydrogen-bond donors (Lipinski definition) is 1. The molecule has 1 fully saturated rings. The Balaban J connectivity index is 2.04. The fraction of sp³-hybridized carbons (Fsp3) is 0.500. The number of aliphatic hydroxyl groups is 1. The zero-order valence-electron chi connectivity index (χ0n) is 11.2. The van der Waals surface area contributed by atoms with Crippen LogP contribution >= 0.6 is 23.2 Å². The third-order valence-corrected chi connectivity index (χ3v) is 3.95. The van der Waals surface area contributed by atoms with Gasteiger partial charge < -0.3 is 14.7 Å². The minimum absolute atomic E-state index is 0.0137. The number of halogens is 2. The second kappa shape index (κ2) is 6.66. The summed E-state index contributed by atoms with van der Waals surface area (Å²) >= 11 is 11.8. The van der Waals surface area contributed by atoms with Crippen LogP contribution in [-0.4, -0.2) is 41.2 Å². The normalized spacial score (nSPS) is 20.0. The summed E-state index contributed by atoms with van der Waals surface area (Å²) in [5.74, 6) is 0.296. The third kappa shape index (κ3) is 3.37. The molecule has 20 heavy (non-hydrogen) atoms. The van der Waals surface area contributed by atoms with E-state index in [1.54, 1.807) is 30.0 Å². The van der Waals surface area contributed by atoms with Gasteiger partial charge in [0.1, 0.15) is 5.75 Å². The SMILES string of the molecule is CC(Oc1ccc(Cl)cc1Cl)C(=O)N1CCC[C@@H]1CO. The average molecular weight is 318 g/mol. The van der Waals surface area contributed by atoms with E-state index in [1.807, 2.05) is 0 Å². The highest BCUT2D eigenvalue weighted by atomic mass is 35.5. The van der Waals surface area contributed by atoms with Gasteiger partial charge in [-0.1, -0.05) is 23.2 Å². The molecule has 0 radical (unpaired) electrons. The zero-order chi connectivity index (χ0) is 14.7. The molecule has 1 aromatic rings. The summed E-state index contributed by atoms with van der Waals surface area (Å²) in [5, 5.41) is 10.1. The average Bonchev–Trinajstić information content (AvgIpc) is 2.89. The Hall–Kier alpha value is -0.970. The number of benzene rings is 1. The van der Waals surface area contributed by atoms with E-state index in [0.717, 1.165) is 12.8 Å². The van der Waals surface area contributed by atoms with Crippen molar-refractivity contribution in [1.82, 2.24) is 4.90 Å². The molecule has 0 spiro atoms. The quantitative estimate of drug-likeness (QED) is 0.929. The van der Waals surface area contributed by atoms with Crippen LogP contribution in [0.4, 0.5) is 0 Å². The first-order valence-electron chi connectivity index (χ1n) is 6.56. The van der Waals surface area contributed by atoms with E-state index in [0.29, 0.717) is 22.3 Å². The van der Waals surface area contributed by atoms with Crippen LogP contribution in [0.3, 0.4) is 0 Å². The smallest absolute Gasteiger partial charge is 0.263 e. The summed E-state index contributed by atoms with van der Waals surface area (Å²) in [6.07, 6.45) is 1.09. The maximum atomic E-state index is 12.3. The maximum Gasteiger partial charge on any atom is 0.263 e. The van der Waals surface area contributed by atoms with Crippen LogP contribution in [0.2, 0.25) is 10.0 Å². The Morgan fingerprint density at radius 1 is 1.55 bits per heavy atom. The molecular formula is C14H17Cl2NO3. The molecule has 0 saturated carbocycles. The first kappa shape index (κ1) is 15.4. The second-order valence-electron chi connectivity index (χ2n) is 4.85. The van der Waals surface area contributed by atoms with Gasteiger partial charge in [0.2, 0.25) is 0 Å². The Labute approximate surface area is 128 Å². The summed E-state index contributed by atoms with van der Waals surface area (Å²) in [7, 11) is 0. The molecule has 1 saturated heterocycles. The molecule has 1 aromatic carbocycles. The number of likely N-dealkylation sites (tertiary alicyclic amines) is 1. The van der Waals surface area contributed by atoms with E-state index >= 15 is 0 Å². The lowest BCUT2D eigenvalue weighted by Crippen LogP contribution is -2.44. The Morgan fingerprint density at radius 2 is 2.30 bits per heavy atom. The molecule has 1 amide bonds. The van der Waals surface area contributed by atoms with E-state index in [9.17, 15) is 9.90 Å².